The molecule has 0 bridgehead atoms. The maximum absolute atomic E-state index is 12.5. The van der Waals surface area contributed by atoms with Crippen molar-refractivity contribution in [2.75, 3.05) is 13.1 Å². The Bertz CT molecular complexity index is 820. The van der Waals surface area contributed by atoms with Crippen LogP contribution in [0.3, 0.4) is 0 Å². The number of aryl methyl sites for hydroxylation is 1. The van der Waals surface area contributed by atoms with Gasteiger partial charge < -0.3 is 4.90 Å². The molecule has 1 aliphatic heterocycles. The number of carbonyl (C=O) groups excluding carboxylic acids is 1. The van der Waals surface area contributed by atoms with Crippen molar-refractivity contribution in [1.29, 1.82) is 0 Å². The van der Waals surface area contributed by atoms with Crippen molar-refractivity contribution >= 4 is 27.5 Å². The predicted octanol–water partition coefficient (Wildman–Crippen LogP) is 2.15. The summed E-state index contributed by atoms with van der Waals surface area (Å²) in [6.45, 7) is 3.41. The van der Waals surface area contributed by atoms with Crippen molar-refractivity contribution in [2.45, 2.75) is 19.4 Å². The van der Waals surface area contributed by atoms with Crippen LogP contribution in [0.2, 0.25) is 0 Å². The Morgan fingerprint density at radius 2 is 2.09 bits per heavy atom. The molecule has 3 aromatic rings. The van der Waals surface area contributed by atoms with Crippen molar-refractivity contribution in [3.8, 4) is 0 Å². The molecule has 0 atom stereocenters. The molecule has 3 heterocycles. The topological polar surface area (TPSA) is 63.9 Å². The Morgan fingerprint density at radius 1 is 1.32 bits per heavy atom. The van der Waals surface area contributed by atoms with E-state index in [1.807, 2.05) is 23.1 Å². The van der Waals surface area contributed by atoms with E-state index in [-0.39, 0.29) is 11.9 Å². The third kappa shape index (κ3) is 2.18. The summed E-state index contributed by atoms with van der Waals surface area (Å²) in [4.78, 5) is 20.6. The first-order valence-corrected chi connectivity index (χ1v) is 8.11. The van der Waals surface area contributed by atoms with Crippen molar-refractivity contribution in [2.24, 2.45) is 0 Å². The monoisotopic (exact) mass is 313 g/mol. The van der Waals surface area contributed by atoms with Crippen molar-refractivity contribution < 1.29 is 4.79 Å². The van der Waals surface area contributed by atoms with E-state index < -0.39 is 0 Å². The minimum absolute atomic E-state index is 0.0664. The lowest BCUT2D eigenvalue weighted by molar-refractivity contribution is 0.0476. The van der Waals surface area contributed by atoms with Gasteiger partial charge in [-0.05, 0) is 24.6 Å². The molecule has 6 nitrogen and oxygen atoms in total. The van der Waals surface area contributed by atoms with Crippen molar-refractivity contribution in [3.05, 3.63) is 41.2 Å². The van der Waals surface area contributed by atoms with E-state index in [1.54, 1.807) is 28.5 Å². The van der Waals surface area contributed by atoms with Gasteiger partial charge in [0, 0.05) is 18.7 Å². The molecule has 0 spiro atoms. The van der Waals surface area contributed by atoms with Gasteiger partial charge in [-0.3, -0.25) is 4.79 Å². The molecule has 4 rings (SSSR count). The first kappa shape index (κ1) is 13.4. The van der Waals surface area contributed by atoms with Gasteiger partial charge in [0.25, 0.3) is 5.91 Å². The fourth-order valence-corrected chi connectivity index (χ4v) is 3.57. The maximum Gasteiger partial charge on any atom is 0.254 e. The van der Waals surface area contributed by atoms with E-state index in [0.717, 1.165) is 27.2 Å². The Hall–Kier alpha value is -2.28. The molecule has 0 saturated carbocycles. The summed E-state index contributed by atoms with van der Waals surface area (Å²) in [6, 6.07) is 5.94. The highest BCUT2D eigenvalue weighted by atomic mass is 32.1. The van der Waals surface area contributed by atoms with E-state index in [4.69, 9.17) is 0 Å². The summed E-state index contributed by atoms with van der Waals surface area (Å²) >= 11 is 1.66. The number of hydrogen-bond acceptors (Lipinski definition) is 5. The normalized spacial score (nSPS) is 15.2. The average Bonchev–Trinajstić information content (AvgIpc) is 3.13. The summed E-state index contributed by atoms with van der Waals surface area (Å²) in [6.07, 6.45) is 4.24. The molecule has 2 aromatic heterocycles. The van der Waals surface area contributed by atoms with E-state index in [1.165, 1.54) is 0 Å². The van der Waals surface area contributed by atoms with Gasteiger partial charge >= 0.3 is 0 Å². The molecular weight excluding hydrogens is 298 g/mol. The molecule has 112 valence electrons. The fraction of sp³-hybridized carbons (Fsp3) is 0.333. The van der Waals surface area contributed by atoms with Gasteiger partial charge in [-0.15, -0.1) is 11.3 Å². The van der Waals surface area contributed by atoms with Gasteiger partial charge in [-0.1, -0.05) is 6.92 Å². The van der Waals surface area contributed by atoms with Crippen LogP contribution in [-0.2, 0) is 6.42 Å². The van der Waals surface area contributed by atoms with E-state index in [9.17, 15) is 4.79 Å². The number of rotatable bonds is 3. The molecule has 0 N–H and O–H groups in total. The highest BCUT2D eigenvalue weighted by Crippen LogP contribution is 2.26. The third-order valence-electron chi connectivity index (χ3n) is 3.89. The van der Waals surface area contributed by atoms with Crippen LogP contribution >= 0.6 is 11.3 Å². The zero-order valence-corrected chi connectivity index (χ0v) is 13.0. The van der Waals surface area contributed by atoms with E-state index in [0.29, 0.717) is 13.1 Å². The second-order valence-electron chi connectivity index (χ2n) is 5.36. The smallest absolute Gasteiger partial charge is 0.254 e. The number of fused-ring (bicyclic) bond motifs is 1. The van der Waals surface area contributed by atoms with Gasteiger partial charge in [0.15, 0.2) is 0 Å². The van der Waals surface area contributed by atoms with Crippen LogP contribution in [-0.4, -0.2) is 43.9 Å². The molecule has 1 fully saturated rings. The lowest BCUT2D eigenvalue weighted by atomic mass is 10.1. The SMILES string of the molecule is CCc1nc2ccc(C(=O)N3CC(n4nccn4)C3)cc2s1. The Morgan fingerprint density at radius 3 is 2.82 bits per heavy atom. The van der Waals surface area contributed by atoms with Crippen LogP contribution in [0.15, 0.2) is 30.6 Å². The zero-order valence-electron chi connectivity index (χ0n) is 12.1. The van der Waals surface area contributed by atoms with E-state index in [2.05, 4.69) is 22.1 Å². The number of hydrogen-bond donors (Lipinski definition) is 0. The largest absolute Gasteiger partial charge is 0.334 e. The zero-order chi connectivity index (χ0) is 15.1. The van der Waals surface area contributed by atoms with Gasteiger partial charge in [-0.25, -0.2) is 4.98 Å². The van der Waals surface area contributed by atoms with Crippen LogP contribution in [0, 0.1) is 0 Å². The summed E-state index contributed by atoms with van der Waals surface area (Å²) in [7, 11) is 0. The number of benzene rings is 1. The van der Waals surface area contributed by atoms with Gasteiger partial charge in [0.2, 0.25) is 0 Å². The number of thiazole rings is 1. The van der Waals surface area contributed by atoms with Crippen LogP contribution in [0.5, 0.6) is 0 Å². The molecule has 0 aliphatic carbocycles. The van der Waals surface area contributed by atoms with Crippen LogP contribution < -0.4 is 0 Å². The molecular formula is C15H15N5OS. The summed E-state index contributed by atoms with van der Waals surface area (Å²) < 4.78 is 1.08. The second-order valence-corrected chi connectivity index (χ2v) is 6.47. The molecule has 1 amide bonds. The highest BCUT2D eigenvalue weighted by Gasteiger charge is 2.33. The number of aromatic nitrogens is 4. The Balaban J connectivity index is 1.51. The number of amides is 1. The maximum atomic E-state index is 12.5. The van der Waals surface area contributed by atoms with Crippen molar-refractivity contribution in [1.82, 2.24) is 24.9 Å². The number of carbonyl (C=O) groups is 1. The minimum Gasteiger partial charge on any atom is -0.334 e. The van der Waals surface area contributed by atoms with Gasteiger partial charge in [0.05, 0.1) is 27.6 Å². The first-order valence-electron chi connectivity index (χ1n) is 7.29. The fourth-order valence-electron chi connectivity index (χ4n) is 2.62. The standard InChI is InChI=1S/C15H15N5OS/c1-2-14-18-12-4-3-10(7-13(12)22-14)15(21)19-8-11(9-19)20-16-5-6-17-20/h3-7,11H,2,8-9H2,1H3. The van der Waals surface area contributed by atoms with Gasteiger partial charge in [-0.2, -0.15) is 15.0 Å². The quantitative estimate of drug-likeness (QED) is 0.743. The molecule has 1 aromatic carbocycles. The Kier molecular flexibility index (Phi) is 3.15. The second kappa shape index (κ2) is 5.17. The van der Waals surface area contributed by atoms with Crippen molar-refractivity contribution in [3.63, 3.8) is 0 Å². The number of nitrogens with zero attached hydrogens (tertiary/aromatic N) is 5. The predicted molar refractivity (Wildman–Crippen MR) is 84.0 cm³/mol. The lowest BCUT2D eigenvalue weighted by Gasteiger charge is -2.38. The molecule has 0 radical (unpaired) electrons. The average molecular weight is 313 g/mol. The van der Waals surface area contributed by atoms with Crippen LogP contribution in [0.25, 0.3) is 10.2 Å². The van der Waals surface area contributed by atoms with Crippen LogP contribution in [0.1, 0.15) is 28.3 Å². The first-order chi connectivity index (χ1) is 10.7. The Labute approximate surface area is 131 Å². The lowest BCUT2D eigenvalue weighted by Crippen LogP contribution is -2.51. The summed E-state index contributed by atoms with van der Waals surface area (Å²) in [5.41, 5.74) is 1.70. The number of likely N-dealkylation sites (tertiary alicyclic amines) is 1. The molecule has 22 heavy (non-hydrogen) atoms. The molecule has 1 aliphatic rings. The summed E-state index contributed by atoms with van der Waals surface area (Å²) in [5, 5.41) is 9.34. The molecule has 0 unspecified atom stereocenters. The van der Waals surface area contributed by atoms with E-state index >= 15 is 0 Å². The summed E-state index contributed by atoms with van der Waals surface area (Å²) in [5.74, 6) is 0.0664. The van der Waals surface area contributed by atoms with Gasteiger partial charge in [0.1, 0.15) is 6.04 Å². The van der Waals surface area contributed by atoms with Crippen LogP contribution in [0.4, 0.5) is 0 Å². The third-order valence-corrected chi connectivity index (χ3v) is 5.06. The minimum atomic E-state index is 0.0664. The highest BCUT2D eigenvalue weighted by molar-refractivity contribution is 7.18. The molecule has 7 heteroatoms. The molecule has 1 saturated heterocycles.